The standard InChI is InChI=1S/C16H19NO2.ClH/c1-19-14-9-8-13(11-4-2-3-5-12(11)14)15(17)16(18)10-6-7-10;/h2-5,8-10,15-16,18H,6-7,17H2,1H3;1H/t15-,16+;/m0./s1. The van der Waals surface area contributed by atoms with Crippen LogP contribution in [-0.2, 0) is 0 Å². The van der Waals surface area contributed by atoms with E-state index in [0.29, 0.717) is 5.92 Å². The fourth-order valence-corrected chi connectivity index (χ4v) is 2.68. The minimum absolute atomic E-state index is 0. The maximum Gasteiger partial charge on any atom is 0.126 e. The average Bonchev–Trinajstić information content (AvgIpc) is 3.29. The first-order valence-electron chi connectivity index (χ1n) is 6.71. The van der Waals surface area contributed by atoms with E-state index in [9.17, 15) is 5.11 Å². The van der Waals surface area contributed by atoms with Crippen molar-refractivity contribution in [1.29, 1.82) is 0 Å². The molecule has 0 saturated heterocycles. The predicted molar refractivity (Wildman–Crippen MR) is 83.4 cm³/mol. The van der Waals surface area contributed by atoms with Gasteiger partial charge in [0.2, 0.25) is 0 Å². The monoisotopic (exact) mass is 293 g/mol. The molecule has 0 unspecified atom stereocenters. The Morgan fingerprint density at radius 1 is 1.15 bits per heavy atom. The zero-order valence-corrected chi connectivity index (χ0v) is 12.3. The molecule has 0 aliphatic heterocycles. The van der Waals surface area contributed by atoms with Crippen LogP contribution in [0.2, 0.25) is 0 Å². The van der Waals surface area contributed by atoms with Gasteiger partial charge >= 0.3 is 0 Å². The molecule has 0 spiro atoms. The van der Waals surface area contributed by atoms with Gasteiger partial charge < -0.3 is 15.6 Å². The van der Waals surface area contributed by atoms with E-state index in [0.717, 1.165) is 34.9 Å². The first-order valence-corrected chi connectivity index (χ1v) is 6.71. The fraction of sp³-hybridized carbons (Fsp3) is 0.375. The third-order valence-electron chi connectivity index (χ3n) is 3.97. The van der Waals surface area contributed by atoms with Gasteiger partial charge in [0.05, 0.1) is 19.3 Å². The van der Waals surface area contributed by atoms with Crippen molar-refractivity contribution in [3.63, 3.8) is 0 Å². The lowest BCUT2D eigenvalue weighted by Crippen LogP contribution is -2.28. The van der Waals surface area contributed by atoms with Gasteiger partial charge in [-0.2, -0.15) is 0 Å². The van der Waals surface area contributed by atoms with Crippen molar-refractivity contribution in [2.24, 2.45) is 11.7 Å². The van der Waals surface area contributed by atoms with Crippen LogP contribution >= 0.6 is 12.4 Å². The Hall–Kier alpha value is -1.29. The normalized spacial score (nSPS) is 17.4. The maximum absolute atomic E-state index is 10.2. The highest BCUT2D eigenvalue weighted by atomic mass is 35.5. The molecule has 1 aliphatic carbocycles. The number of fused-ring (bicyclic) bond motifs is 1. The molecule has 3 N–H and O–H groups in total. The van der Waals surface area contributed by atoms with Crippen molar-refractivity contribution >= 4 is 23.2 Å². The molecule has 1 aliphatic rings. The second kappa shape index (κ2) is 6.00. The van der Waals surface area contributed by atoms with Gasteiger partial charge in [-0.25, -0.2) is 0 Å². The number of hydrogen-bond acceptors (Lipinski definition) is 3. The van der Waals surface area contributed by atoms with E-state index in [1.165, 1.54) is 0 Å². The van der Waals surface area contributed by atoms with Crippen LogP contribution in [0.5, 0.6) is 5.75 Å². The number of methoxy groups -OCH3 is 1. The van der Waals surface area contributed by atoms with Gasteiger partial charge in [-0.3, -0.25) is 0 Å². The summed E-state index contributed by atoms with van der Waals surface area (Å²) in [6, 6.07) is 11.6. The third-order valence-corrected chi connectivity index (χ3v) is 3.97. The Bertz CT molecular complexity index is 598. The highest BCUT2D eigenvalue weighted by Crippen LogP contribution is 2.39. The summed E-state index contributed by atoms with van der Waals surface area (Å²) in [5.41, 5.74) is 7.24. The van der Waals surface area contributed by atoms with Crippen molar-refractivity contribution < 1.29 is 9.84 Å². The summed E-state index contributed by atoms with van der Waals surface area (Å²) in [5, 5.41) is 12.3. The first-order chi connectivity index (χ1) is 9.22. The van der Waals surface area contributed by atoms with Crippen LogP contribution in [0.25, 0.3) is 10.8 Å². The van der Waals surface area contributed by atoms with Gasteiger partial charge in [0.25, 0.3) is 0 Å². The first kappa shape index (κ1) is 15.1. The molecule has 3 rings (SSSR count). The van der Waals surface area contributed by atoms with E-state index >= 15 is 0 Å². The Balaban J connectivity index is 0.00000147. The molecule has 0 bridgehead atoms. The highest BCUT2D eigenvalue weighted by Gasteiger charge is 2.34. The Morgan fingerprint density at radius 3 is 2.40 bits per heavy atom. The largest absolute Gasteiger partial charge is 0.496 e. The lowest BCUT2D eigenvalue weighted by Gasteiger charge is -2.21. The minimum Gasteiger partial charge on any atom is -0.496 e. The molecule has 2 atom stereocenters. The Kier molecular flexibility index (Phi) is 4.53. The summed E-state index contributed by atoms with van der Waals surface area (Å²) in [7, 11) is 1.67. The predicted octanol–water partition coefficient (Wildman–Crippen LogP) is 3.04. The molecule has 0 radical (unpaired) electrons. The van der Waals surface area contributed by atoms with Crippen LogP contribution in [-0.4, -0.2) is 18.3 Å². The molecular weight excluding hydrogens is 274 g/mol. The zero-order chi connectivity index (χ0) is 13.4. The number of hydrogen-bond donors (Lipinski definition) is 2. The molecule has 0 heterocycles. The van der Waals surface area contributed by atoms with Gasteiger partial charge in [0.15, 0.2) is 0 Å². The second-order valence-corrected chi connectivity index (χ2v) is 5.26. The molecule has 4 heteroatoms. The molecule has 2 aromatic carbocycles. The van der Waals surface area contributed by atoms with Crippen LogP contribution in [0, 0.1) is 5.92 Å². The summed E-state index contributed by atoms with van der Waals surface area (Å²) in [6.07, 6.45) is 1.73. The van der Waals surface area contributed by atoms with E-state index in [4.69, 9.17) is 10.5 Å². The van der Waals surface area contributed by atoms with E-state index in [1.54, 1.807) is 7.11 Å². The summed E-state index contributed by atoms with van der Waals surface area (Å²) in [4.78, 5) is 0. The van der Waals surface area contributed by atoms with E-state index < -0.39 is 6.10 Å². The smallest absolute Gasteiger partial charge is 0.126 e. The number of rotatable bonds is 4. The lowest BCUT2D eigenvalue weighted by atomic mass is 9.93. The Labute approximate surface area is 125 Å². The highest BCUT2D eigenvalue weighted by molar-refractivity contribution is 5.91. The van der Waals surface area contributed by atoms with Gasteiger partial charge in [-0.05, 0) is 35.8 Å². The maximum atomic E-state index is 10.2. The second-order valence-electron chi connectivity index (χ2n) is 5.26. The SMILES string of the molecule is COc1ccc([C@H](N)[C@H](O)C2CC2)c2ccccc12.Cl. The third kappa shape index (κ3) is 2.62. The number of aliphatic hydroxyl groups excluding tert-OH is 1. The van der Waals surface area contributed by atoms with Crippen molar-refractivity contribution in [2.45, 2.75) is 25.0 Å². The molecule has 20 heavy (non-hydrogen) atoms. The summed E-state index contributed by atoms with van der Waals surface area (Å²) < 4.78 is 5.38. The number of benzene rings is 2. The number of nitrogens with two attached hydrogens (primary N) is 1. The number of aliphatic hydroxyl groups is 1. The van der Waals surface area contributed by atoms with Crippen LogP contribution in [0.1, 0.15) is 24.4 Å². The van der Waals surface area contributed by atoms with Crippen molar-refractivity contribution in [2.75, 3.05) is 7.11 Å². The number of halogens is 1. The fourth-order valence-electron chi connectivity index (χ4n) is 2.68. The summed E-state index contributed by atoms with van der Waals surface area (Å²) in [5.74, 6) is 1.21. The summed E-state index contributed by atoms with van der Waals surface area (Å²) in [6.45, 7) is 0. The Morgan fingerprint density at radius 2 is 1.80 bits per heavy atom. The quantitative estimate of drug-likeness (QED) is 0.911. The molecule has 3 nitrogen and oxygen atoms in total. The van der Waals surface area contributed by atoms with Crippen LogP contribution in [0.15, 0.2) is 36.4 Å². The lowest BCUT2D eigenvalue weighted by molar-refractivity contribution is 0.123. The van der Waals surface area contributed by atoms with Crippen LogP contribution in [0.3, 0.4) is 0 Å². The van der Waals surface area contributed by atoms with Crippen LogP contribution < -0.4 is 10.5 Å². The zero-order valence-electron chi connectivity index (χ0n) is 11.5. The van der Waals surface area contributed by atoms with E-state index in [-0.39, 0.29) is 18.4 Å². The minimum atomic E-state index is -0.447. The van der Waals surface area contributed by atoms with E-state index in [1.807, 2.05) is 36.4 Å². The van der Waals surface area contributed by atoms with Gasteiger partial charge in [0, 0.05) is 5.39 Å². The molecule has 0 aromatic heterocycles. The van der Waals surface area contributed by atoms with Crippen molar-refractivity contribution in [3.8, 4) is 5.75 Å². The van der Waals surface area contributed by atoms with Crippen molar-refractivity contribution in [1.82, 2.24) is 0 Å². The van der Waals surface area contributed by atoms with Crippen molar-refractivity contribution in [3.05, 3.63) is 42.0 Å². The van der Waals surface area contributed by atoms with Gasteiger partial charge in [-0.1, -0.05) is 30.3 Å². The molecule has 1 saturated carbocycles. The topological polar surface area (TPSA) is 55.5 Å². The summed E-state index contributed by atoms with van der Waals surface area (Å²) >= 11 is 0. The average molecular weight is 294 g/mol. The van der Waals surface area contributed by atoms with Gasteiger partial charge in [0.1, 0.15) is 5.75 Å². The van der Waals surface area contributed by atoms with Gasteiger partial charge in [-0.15, -0.1) is 12.4 Å². The van der Waals surface area contributed by atoms with E-state index in [2.05, 4.69) is 0 Å². The molecule has 0 amide bonds. The number of ether oxygens (including phenoxy) is 1. The molecular formula is C16H20ClNO2. The molecule has 2 aromatic rings. The van der Waals surface area contributed by atoms with Crippen LogP contribution in [0.4, 0.5) is 0 Å². The molecule has 108 valence electrons. The molecule has 1 fully saturated rings.